The van der Waals surface area contributed by atoms with Crippen molar-refractivity contribution in [2.45, 2.75) is 85.3 Å². The van der Waals surface area contributed by atoms with Crippen molar-refractivity contribution < 1.29 is 9.32 Å². The van der Waals surface area contributed by atoms with Crippen LogP contribution in [-0.4, -0.2) is 49.3 Å². The van der Waals surface area contributed by atoms with E-state index in [-0.39, 0.29) is 16.9 Å². The number of hydrogen-bond donors (Lipinski definition) is 2. The summed E-state index contributed by atoms with van der Waals surface area (Å²) in [4.78, 5) is 13.1. The maximum atomic E-state index is 13.4. The maximum absolute atomic E-state index is 13.4. The van der Waals surface area contributed by atoms with Gasteiger partial charge in [-0.2, -0.15) is 4.98 Å². The molecule has 1 aromatic carbocycles. The Morgan fingerprint density at radius 1 is 1.06 bits per heavy atom. The molecule has 1 atom stereocenters. The molecule has 0 amide bonds. The first-order chi connectivity index (χ1) is 16.9. The van der Waals surface area contributed by atoms with Crippen molar-refractivity contribution >= 4 is 34.2 Å². The summed E-state index contributed by atoms with van der Waals surface area (Å²) < 4.78 is 13.3. The van der Waals surface area contributed by atoms with Crippen LogP contribution in [0.3, 0.4) is 0 Å². The highest BCUT2D eigenvalue weighted by molar-refractivity contribution is 7.87. The molecule has 8 heteroatoms. The highest BCUT2D eigenvalue weighted by Gasteiger charge is 2.56. The van der Waals surface area contributed by atoms with Crippen LogP contribution in [0.25, 0.3) is 0 Å². The monoisotopic (exact) mass is 512 g/mol. The van der Waals surface area contributed by atoms with E-state index in [4.69, 9.17) is 21.6 Å². The van der Waals surface area contributed by atoms with Gasteiger partial charge in [0.25, 0.3) is 0 Å². The first-order valence-corrected chi connectivity index (χ1v) is 14.7. The zero-order valence-electron chi connectivity index (χ0n) is 20.1. The average Bonchev–Trinajstić information content (AvgIpc) is 3.54. The number of benzene rings is 1. The smallest absolute Gasteiger partial charge is 0.227 e. The summed E-state index contributed by atoms with van der Waals surface area (Å²) in [5.74, 6) is 2.12. The minimum Gasteiger partial charge on any atom is -0.394 e. The Kier molecular flexibility index (Phi) is 5.08. The Morgan fingerprint density at radius 2 is 1.77 bits per heavy atom. The molecule has 1 saturated heterocycles. The molecular weight excluding hydrogens is 480 g/mol. The molecule has 0 bridgehead atoms. The van der Waals surface area contributed by atoms with Crippen LogP contribution >= 0.6 is 11.6 Å². The van der Waals surface area contributed by atoms with Crippen LogP contribution < -0.4 is 10.2 Å². The van der Waals surface area contributed by atoms with Crippen LogP contribution in [0.1, 0.15) is 75.0 Å². The third-order valence-corrected chi connectivity index (χ3v) is 11.9. The first kappa shape index (κ1) is 22.5. The minimum atomic E-state index is -1.06. The number of aliphatic hydroxyl groups is 1. The van der Waals surface area contributed by atoms with Gasteiger partial charge in [0.05, 0.1) is 33.4 Å². The van der Waals surface area contributed by atoms with Crippen LogP contribution in [0.4, 0.5) is 11.8 Å². The lowest BCUT2D eigenvalue weighted by molar-refractivity contribution is 0.126. The molecule has 2 aliphatic heterocycles. The molecule has 0 radical (unpaired) electrons. The van der Waals surface area contributed by atoms with E-state index in [1.165, 1.54) is 31.2 Å². The zero-order valence-corrected chi connectivity index (χ0v) is 21.6. The molecule has 7 rings (SSSR count). The molecule has 4 fully saturated rings. The standard InChI is InChI=1S/C27H33ClN4O2S/c28-20-4-2-18(3-5-20)19-6-10-25(11-7-19)15-32(16-25)24-29-21-14-27(12-13-27)35(34)22(21)23(30-24)31-26(17-33)8-1-9-26/h2-5,19,33H,1,6-17H2,(H,29,30,31). The van der Waals surface area contributed by atoms with Crippen molar-refractivity contribution in [3.05, 3.63) is 40.5 Å². The van der Waals surface area contributed by atoms with Gasteiger partial charge in [-0.15, -0.1) is 0 Å². The highest BCUT2D eigenvalue weighted by atomic mass is 35.5. The van der Waals surface area contributed by atoms with Crippen LogP contribution in [0.2, 0.25) is 5.02 Å². The van der Waals surface area contributed by atoms with Gasteiger partial charge in [0.15, 0.2) is 0 Å². The van der Waals surface area contributed by atoms with Crippen molar-refractivity contribution in [2.75, 3.05) is 29.9 Å². The fourth-order valence-electron chi connectivity index (χ4n) is 6.81. The number of nitrogens with zero attached hydrogens (tertiary/aromatic N) is 3. The number of aliphatic hydroxyl groups excluding tert-OH is 1. The van der Waals surface area contributed by atoms with Gasteiger partial charge in [0.1, 0.15) is 10.7 Å². The fourth-order valence-corrected chi connectivity index (χ4v) is 8.71. The van der Waals surface area contributed by atoms with Crippen LogP contribution in [0, 0.1) is 5.41 Å². The van der Waals surface area contributed by atoms with Gasteiger partial charge >= 0.3 is 0 Å². The van der Waals surface area contributed by atoms with E-state index >= 15 is 0 Å². The van der Waals surface area contributed by atoms with E-state index in [0.29, 0.717) is 17.2 Å². The molecule has 3 saturated carbocycles. The second kappa shape index (κ2) is 7.90. The summed E-state index contributed by atoms with van der Waals surface area (Å²) in [6.07, 6.45) is 10.7. The fraction of sp³-hybridized carbons (Fsp3) is 0.630. The number of nitrogens with one attached hydrogen (secondary N) is 1. The summed E-state index contributed by atoms with van der Waals surface area (Å²) in [5.41, 5.74) is 2.42. The number of hydrogen-bond acceptors (Lipinski definition) is 6. The van der Waals surface area contributed by atoms with E-state index in [2.05, 4.69) is 22.3 Å². The lowest BCUT2D eigenvalue weighted by Gasteiger charge is -2.53. The summed E-state index contributed by atoms with van der Waals surface area (Å²) in [5, 5.41) is 14.4. The van der Waals surface area contributed by atoms with E-state index < -0.39 is 10.8 Å². The molecule has 186 valence electrons. The van der Waals surface area contributed by atoms with Gasteiger partial charge in [-0.25, -0.2) is 4.98 Å². The minimum absolute atomic E-state index is 0.0838. The van der Waals surface area contributed by atoms with Crippen molar-refractivity contribution in [3.63, 3.8) is 0 Å². The van der Waals surface area contributed by atoms with Gasteiger partial charge in [0, 0.05) is 29.9 Å². The molecular formula is C27H33ClN4O2S. The second-order valence-corrected chi connectivity index (χ2v) is 14.1. The summed E-state index contributed by atoms with van der Waals surface area (Å²) in [7, 11) is -1.06. The van der Waals surface area contributed by atoms with Crippen LogP contribution in [0.15, 0.2) is 29.2 Å². The van der Waals surface area contributed by atoms with Crippen LogP contribution in [-0.2, 0) is 17.2 Å². The average molecular weight is 513 g/mol. The molecule has 6 nitrogen and oxygen atoms in total. The molecule has 2 N–H and O–H groups in total. The largest absolute Gasteiger partial charge is 0.394 e. The Balaban J connectivity index is 1.09. The van der Waals surface area contributed by atoms with Crippen molar-refractivity contribution in [3.8, 4) is 0 Å². The summed E-state index contributed by atoms with van der Waals surface area (Å²) in [6.45, 7) is 2.08. The SMILES string of the molecule is O=S1c2c(nc(N3CC4(CCC(c5ccc(Cl)cc5)CC4)C3)nc2NC2(CO)CCC2)CC12CC2. The van der Waals surface area contributed by atoms with Crippen LogP contribution in [0.5, 0.6) is 0 Å². The number of halogens is 1. The number of fused-ring (bicyclic) bond motifs is 1. The van der Waals surface area contributed by atoms with Crippen molar-refractivity contribution in [1.29, 1.82) is 0 Å². The van der Waals surface area contributed by atoms with E-state index in [1.54, 1.807) is 0 Å². The van der Waals surface area contributed by atoms with Crippen molar-refractivity contribution in [1.82, 2.24) is 9.97 Å². The zero-order chi connectivity index (χ0) is 23.8. The highest BCUT2D eigenvalue weighted by Crippen LogP contribution is 2.55. The quantitative estimate of drug-likeness (QED) is 0.598. The van der Waals surface area contributed by atoms with Gasteiger partial charge < -0.3 is 15.3 Å². The molecule has 35 heavy (non-hydrogen) atoms. The van der Waals surface area contributed by atoms with Gasteiger partial charge in [-0.1, -0.05) is 23.7 Å². The molecule has 1 unspecified atom stereocenters. The van der Waals surface area contributed by atoms with Crippen molar-refractivity contribution in [2.24, 2.45) is 5.41 Å². The summed E-state index contributed by atoms with van der Waals surface area (Å²) >= 11 is 6.08. The molecule has 2 aromatic rings. The van der Waals surface area contributed by atoms with E-state index in [0.717, 1.165) is 73.2 Å². The third-order valence-electron chi connectivity index (χ3n) is 9.52. The molecule has 3 aliphatic carbocycles. The molecule has 2 spiro atoms. The predicted octanol–water partition coefficient (Wildman–Crippen LogP) is 4.82. The van der Waals surface area contributed by atoms with Gasteiger partial charge in [-0.3, -0.25) is 4.21 Å². The number of anilines is 2. The Hall–Kier alpha value is -1.70. The Labute approximate surface area is 214 Å². The first-order valence-electron chi connectivity index (χ1n) is 13.1. The normalized spacial score (nSPS) is 27.4. The molecule has 3 heterocycles. The number of aromatic nitrogens is 2. The Bertz CT molecular complexity index is 1170. The van der Waals surface area contributed by atoms with Gasteiger partial charge in [-0.05, 0) is 81.4 Å². The lowest BCUT2D eigenvalue weighted by Crippen LogP contribution is -2.58. The van der Waals surface area contributed by atoms with E-state index in [1.807, 2.05) is 12.1 Å². The van der Waals surface area contributed by atoms with Gasteiger partial charge in [0.2, 0.25) is 5.95 Å². The second-order valence-electron chi connectivity index (χ2n) is 11.9. The summed E-state index contributed by atoms with van der Waals surface area (Å²) in [6, 6.07) is 8.38. The third kappa shape index (κ3) is 3.64. The maximum Gasteiger partial charge on any atom is 0.227 e. The topological polar surface area (TPSA) is 78.4 Å². The Morgan fingerprint density at radius 3 is 2.37 bits per heavy atom. The lowest BCUT2D eigenvalue weighted by atomic mass is 9.65. The number of rotatable bonds is 5. The van der Waals surface area contributed by atoms with E-state index in [9.17, 15) is 9.32 Å². The molecule has 1 aromatic heterocycles. The molecule has 5 aliphatic rings. The predicted molar refractivity (Wildman–Crippen MR) is 139 cm³/mol.